The first-order chi connectivity index (χ1) is 26.2. The number of hydrogen-bond acceptors (Lipinski definition) is 2. The maximum atomic E-state index is 6.83. The molecule has 0 heterocycles. The second-order valence-electron chi connectivity index (χ2n) is 13.2. The minimum Gasteiger partial charge on any atom is -0.310 e. The summed E-state index contributed by atoms with van der Waals surface area (Å²) in [6.07, 6.45) is 0. The number of hydrogen-bond donors (Lipinski definition) is 0. The molecule has 0 unspecified atom stereocenters. The highest BCUT2D eigenvalue weighted by atomic mass is 35.5. The summed E-state index contributed by atoms with van der Waals surface area (Å²) < 4.78 is 0. The SMILES string of the molecule is Clc1cc(-c2ccc(N(c3ccccc3)c3cccc4ccccc34)cc2)cc(-c2ccc(N(c3ccccc3)c3cccc4ccccc34)cc2)c1. The van der Waals surface area contributed by atoms with Crippen molar-refractivity contribution in [2.24, 2.45) is 0 Å². The molecule has 0 radical (unpaired) electrons. The van der Waals surface area contributed by atoms with Gasteiger partial charge in [0.25, 0.3) is 0 Å². The molecule has 0 saturated heterocycles. The summed E-state index contributed by atoms with van der Waals surface area (Å²) in [5, 5.41) is 5.54. The van der Waals surface area contributed by atoms with Gasteiger partial charge in [-0.15, -0.1) is 0 Å². The van der Waals surface area contributed by atoms with Crippen LogP contribution in [0.15, 0.2) is 212 Å². The summed E-state index contributed by atoms with van der Waals surface area (Å²) in [4.78, 5) is 4.65. The molecule has 0 aromatic heterocycles. The van der Waals surface area contributed by atoms with Crippen LogP contribution in [0.1, 0.15) is 0 Å². The van der Waals surface area contributed by atoms with Gasteiger partial charge in [0.15, 0.2) is 0 Å². The van der Waals surface area contributed by atoms with Gasteiger partial charge in [0.1, 0.15) is 0 Å². The topological polar surface area (TPSA) is 6.48 Å². The Kier molecular flexibility index (Phi) is 8.65. The zero-order valence-electron chi connectivity index (χ0n) is 29.0. The van der Waals surface area contributed by atoms with Crippen molar-refractivity contribution in [3.8, 4) is 22.3 Å². The van der Waals surface area contributed by atoms with Gasteiger partial charge < -0.3 is 9.80 Å². The standard InChI is InChI=1S/C50H35ClN2/c51-42-34-40(36-25-29-45(30-26-36)52(43-17-3-1-4-18-43)49-23-11-15-38-13-7-9-21-47(38)49)33-41(35-42)37-27-31-46(32-28-37)53(44-19-5-2-6-20-44)50-24-12-16-39-14-8-10-22-48(39)50/h1-35H. The molecule has 0 aliphatic carbocycles. The van der Waals surface area contributed by atoms with Crippen LogP contribution in [-0.4, -0.2) is 0 Å². The van der Waals surface area contributed by atoms with Crippen molar-refractivity contribution >= 4 is 67.3 Å². The largest absolute Gasteiger partial charge is 0.310 e. The summed E-state index contributed by atoms with van der Waals surface area (Å²) in [5.74, 6) is 0. The Balaban J connectivity index is 1.06. The first-order valence-electron chi connectivity index (χ1n) is 17.9. The van der Waals surface area contributed by atoms with E-state index in [0.29, 0.717) is 5.02 Å². The fourth-order valence-corrected chi connectivity index (χ4v) is 7.58. The number of anilines is 6. The van der Waals surface area contributed by atoms with Crippen molar-refractivity contribution in [1.29, 1.82) is 0 Å². The van der Waals surface area contributed by atoms with Gasteiger partial charge in [0.05, 0.1) is 11.4 Å². The highest BCUT2D eigenvalue weighted by Gasteiger charge is 2.17. The first kappa shape index (κ1) is 32.3. The van der Waals surface area contributed by atoms with Gasteiger partial charge in [-0.2, -0.15) is 0 Å². The van der Waals surface area contributed by atoms with Crippen molar-refractivity contribution in [2.75, 3.05) is 9.80 Å². The third-order valence-corrected chi connectivity index (χ3v) is 10.1. The average molecular weight is 699 g/mol. The molecule has 0 saturated carbocycles. The first-order valence-corrected chi connectivity index (χ1v) is 18.2. The van der Waals surface area contributed by atoms with Crippen molar-refractivity contribution in [2.45, 2.75) is 0 Å². The van der Waals surface area contributed by atoms with Gasteiger partial charge in [0.2, 0.25) is 0 Å². The lowest BCUT2D eigenvalue weighted by atomic mass is 9.98. The van der Waals surface area contributed by atoms with Gasteiger partial charge >= 0.3 is 0 Å². The van der Waals surface area contributed by atoms with Crippen LogP contribution in [0.5, 0.6) is 0 Å². The van der Waals surface area contributed by atoms with Crippen molar-refractivity contribution in [3.63, 3.8) is 0 Å². The van der Waals surface area contributed by atoms with Crippen LogP contribution in [0.4, 0.5) is 34.1 Å². The monoisotopic (exact) mass is 698 g/mol. The zero-order chi connectivity index (χ0) is 35.6. The Hall–Kier alpha value is -6.61. The van der Waals surface area contributed by atoms with Crippen molar-refractivity contribution in [3.05, 3.63) is 217 Å². The van der Waals surface area contributed by atoms with Gasteiger partial charge in [0, 0.05) is 38.5 Å². The third kappa shape index (κ3) is 6.42. The van der Waals surface area contributed by atoms with Gasteiger partial charge in [-0.25, -0.2) is 0 Å². The number of nitrogens with zero attached hydrogens (tertiary/aromatic N) is 2. The molecule has 53 heavy (non-hydrogen) atoms. The van der Waals surface area contributed by atoms with Crippen molar-refractivity contribution in [1.82, 2.24) is 0 Å². The highest BCUT2D eigenvalue weighted by Crippen LogP contribution is 2.42. The molecule has 9 aromatic carbocycles. The molecule has 0 bridgehead atoms. The molecular weight excluding hydrogens is 664 g/mol. The van der Waals surface area contributed by atoms with Crippen LogP contribution in [0.2, 0.25) is 5.02 Å². The lowest BCUT2D eigenvalue weighted by Crippen LogP contribution is -2.10. The van der Waals surface area contributed by atoms with Gasteiger partial charge in [-0.3, -0.25) is 0 Å². The minimum atomic E-state index is 0.703. The highest BCUT2D eigenvalue weighted by molar-refractivity contribution is 6.31. The normalized spacial score (nSPS) is 11.1. The van der Waals surface area contributed by atoms with Gasteiger partial charge in [-0.1, -0.05) is 145 Å². The summed E-state index contributed by atoms with van der Waals surface area (Å²) >= 11 is 6.83. The minimum absolute atomic E-state index is 0.703. The number of halogens is 1. The van der Waals surface area contributed by atoms with Crippen molar-refractivity contribution < 1.29 is 0 Å². The summed E-state index contributed by atoms with van der Waals surface area (Å²) in [6.45, 7) is 0. The van der Waals surface area contributed by atoms with Crippen LogP contribution >= 0.6 is 11.6 Å². The van der Waals surface area contributed by atoms with E-state index >= 15 is 0 Å². The van der Waals surface area contributed by atoms with E-state index in [9.17, 15) is 0 Å². The molecule has 0 amide bonds. The molecule has 0 aliphatic rings. The molecule has 9 aromatic rings. The van der Waals surface area contributed by atoms with Crippen LogP contribution in [0.25, 0.3) is 43.8 Å². The molecule has 0 spiro atoms. The molecule has 0 aliphatic heterocycles. The van der Waals surface area contributed by atoms with Crippen LogP contribution in [0, 0.1) is 0 Å². The van der Waals surface area contributed by atoms with Crippen LogP contribution in [0.3, 0.4) is 0 Å². The van der Waals surface area contributed by atoms with E-state index in [1.54, 1.807) is 0 Å². The van der Waals surface area contributed by atoms with E-state index in [-0.39, 0.29) is 0 Å². The molecule has 3 heteroatoms. The second kappa shape index (κ2) is 14.2. The third-order valence-electron chi connectivity index (χ3n) is 9.86. The Morgan fingerprint density at radius 1 is 0.283 bits per heavy atom. The maximum absolute atomic E-state index is 6.83. The Bertz CT molecular complexity index is 2480. The fourth-order valence-electron chi connectivity index (χ4n) is 7.34. The molecule has 0 atom stereocenters. The summed E-state index contributed by atoms with van der Waals surface area (Å²) in [7, 11) is 0. The smallest absolute Gasteiger partial charge is 0.0540 e. The lowest BCUT2D eigenvalue weighted by molar-refractivity contribution is 1.30. The molecule has 9 rings (SSSR count). The number of fused-ring (bicyclic) bond motifs is 2. The number of rotatable bonds is 8. The quantitative estimate of drug-likeness (QED) is 0.156. The predicted octanol–water partition coefficient (Wildman–Crippen LogP) is 14.9. The molecule has 2 nitrogen and oxygen atoms in total. The van der Waals surface area contributed by atoms with Crippen LogP contribution in [-0.2, 0) is 0 Å². The van der Waals surface area contributed by atoms with E-state index in [0.717, 1.165) is 56.4 Å². The maximum Gasteiger partial charge on any atom is 0.0540 e. The van der Waals surface area contributed by atoms with E-state index < -0.39 is 0 Å². The summed E-state index contributed by atoms with van der Waals surface area (Å²) in [6, 6.07) is 75.1. The Labute approximate surface area is 315 Å². The fraction of sp³-hybridized carbons (Fsp3) is 0. The van der Waals surface area contributed by atoms with E-state index in [1.807, 2.05) is 12.1 Å². The van der Waals surface area contributed by atoms with Gasteiger partial charge in [-0.05, 0) is 112 Å². The van der Waals surface area contributed by atoms with Crippen LogP contribution < -0.4 is 9.80 Å². The predicted molar refractivity (Wildman–Crippen MR) is 227 cm³/mol. The average Bonchev–Trinajstić information content (AvgIpc) is 3.22. The second-order valence-corrected chi connectivity index (χ2v) is 13.6. The molecular formula is C50H35ClN2. The Morgan fingerprint density at radius 3 is 1.08 bits per heavy atom. The zero-order valence-corrected chi connectivity index (χ0v) is 29.7. The van der Waals surface area contributed by atoms with E-state index in [4.69, 9.17) is 11.6 Å². The number of para-hydroxylation sites is 2. The lowest BCUT2D eigenvalue weighted by Gasteiger charge is -2.27. The Morgan fingerprint density at radius 2 is 0.642 bits per heavy atom. The van der Waals surface area contributed by atoms with E-state index in [1.165, 1.54) is 21.5 Å². The molecule has 252 valence electrons. The van der Waals surface area contributed by atoms with E-state index in [2.05, 4.69) is 210 Å². The number of benzene rings is 9. The molecule has 0 N–H and O–H groups in total. The summed E-state index contributed by atoms with van der Waals surface area (Å²) in [5.41, 5.74) is 11.0. The molecule has 0 fully saturated rings.